The molecule has 6 nitrogen and oxygen atoms in total. The predicted molar refractivity (Wildman–Crippen MR) is 115 cm³/mol. The Morgan fingerprint density at radius 3 is 2.79 bits per heavy atom. The molecule has 156 valence electrons. The zero-order valence-electron chi connectivity index (χ0n) is 17.3. The number of hydrogen-bond donors (Lipinski definition) is 2. The molecule has 0 spiro atoms. The first-order valence-electron chi connectivity index (χ1n) is 10.4. The van der Waals surface area contributed by atoms with Gasteiger partial charge in [0.1, 0.15) is 6.04 Å². The third kappa shape index (κ3) is 6.18. The quantitative estimate of drug-likeness (QED) is 0.503. The topological polar surface area (TPSA) is 70.7 Å². The summed E-state index contributed by atoms with van der Waals surface area (Å²) >= 11 is 0. The lowest BCUT2D eigenvalue weighted by molar-refractivity contribution is -0.137. The van der Waals surface area contributed by atoms with Crippen LogP contribution in [-0.2, 0) is 14.1 Å². The highest BCUT2D eigenvalue weighted by atomic mass is 31.1. The second-order valence-electron chi connectivity index (χ2n) is 7.03. The molecule has 2 unspecified atom stereocenters. The van der Waals surface area contributed by atoms with Gasteiger partial charge in [-0.2, -0.15) is 0 Å². The van der Waals surface area contributed by atoms with Gasteiger partial charge in [-0.1, -0.05) is 32.4 Å². The Morgan fingerprint density at radius 1 is 1.29 bits per heavy atom. The fraction of sp³-hybridized carbons (Fsp3) is 0.619. The molecule has 28 heavy (non-hydrogen) atoms. The van der Waals surface area contributed by atoms with Crippen LogP contribution in [0.2, 0.25) is 0 Å². The van der Waals surface area contributed by atoms with Crippen LogP contribution in [0.4, 0.5) is 0 Å². The van der Waals surface area contributed by atoms with Crippen molar-refractivity contribution >= 4 is 20.6 Å². The molecule has 0 saturated carbocycles. The van der Waals surface area contributed by atoms with Gasteiger partial charge in [-0.15, -0.1) is 0 Å². The molecule has 2 atom stereocenters. The monoisotopic (exact) mass is 407 g/mol. The van der Waals surface area contributed by atoms with Crippen LogP contribution in [0.3, 0.4) is 0 Å². The van der Waals surface area contributed by atoms with E-state index < -0.39 is 0 Å². The van der Waals surface area contributed by atoms with Gasteiger partial charge in [0.15, 0.2) is 0 Å². The smallest absolute Gasteiger partial charge is 0.254 e. The molecule has 3 rings (SSSR count). The van der Waals surface area contributed by atoms with E-state index in [9.17, 15) is 9.59 Å². The van der Waals surface area contributed by atoms with Crippen LogP contribution >= 0.6 is 8.81 Å². The first-order valence-corrected chi connectivity index (χ1v) is 11.5. The van der Waals surface area contributed by atoms with Crippen molar-refractivity contribution in [3.8, 4) is 0 Å². The Bertz CT molecular complexity index is 643. The fourth-order valence-corrected chi connectivity index (χ4v) is 3.96. The molecular formula is C21H34N3O3P. The summed E-state index contributed by atoms with van der Waals surface area (Å²) in [6.45, 7) is 9.09. The van der Waals surface area contributed by atoms with Crippen LogP contribution in [0.25, 0.3) is 0 Å². The minimum absolute atomic E-state index is 0.0132. The molecule has 3 aliphatic rings. The van der Waals surface area contributed by atoms with Gasteiger partial charge in [0.25, 0.3) is 5.91 Å². The summed E-state index contributed by atoms with van der Waals surface area (Å²) in [4.78, 5) is 26.6. The Morgan fingerprint density at radius 2 is 2.07 bits per heavy atom. The van der Waals surface area contributed by atoms with Gasteiger partial charge in [0.05, 0.1) is 0 Å². The molecule has 2 fully saturated rings. The summed E-state index contributed by atoms with van der Waals surface area (Å²) in [5.74, 6) is -0.0381. The Labute approximate surface area is 170 Å². The number of amides is 2. The number of piperidine rings is 1. The van der Waals surface area contributed by atoms with Gasteiger partial charge in [0, 0.05) is 52.5 Å². The van der Waals surface area contributed by atoms with Crippen molar-refractivity contribution in [3.63, 3.8) is 0 Å². The standard InChI is InChI=1S/C18H26N3O3P.C3H8/c1-2-24-25-10-9-19-14-5-3-6-15-13(11-14)12-21(18(15)23)16-7-4-8-20-17(16)22;1-3-2/h5-6,11,16,19,25H,2-4,7-10,12H2,1H3,(H,20,22);3H2,1-2H3. The van der Waals surface area contributed by atoms with E-state index in [1.165, 1.54) is 6.42 Å². The highest BCUT2D eigenvalue weighted by Crippen LogP contribution is 2.30. The van der Waals surface area contributed by atoms with E-state index in [0.29, 0.717) is 21.9 Å². The van der Waals surface area contributed by atoms with Crippen molar-refractivity contribution in [2.75, 3.05) is 32.4 Å². The molecule has 2 amide bonds. The molecule has 7 heteroatoms. The molecule has 0 radical (unpaired) electrons. The predicted octanol–water partition coefficient (Wildman–Crippen LogP) is 2.88. The highest BCUT2D eigenvalue weighted by molar-refractivity contribution is 7.32. The van der Waals surface area contributed by atoms with Crippen LogP contribution in [0.15, 0.2) is 35.1 Å². The summed E-state index contributed by atoms with van der Waals surface area (Å²) in [6, 6.07) is -0.331. The third-order valence-corrected chi connectivity index (χ3v) is 5.55. The maximum Gasteiger partial charge on any atom is 0.254 e. The number of likely N-dealkylation sites (tertiary alicyclic amines) is 1. The summed E-state index contributed by atoms with van der Waals surface area (Å²) in [5, 5.41) is 6.29. The molecule has 0 aromatic carbocycles. The fourth-order valence-electron chi connectivity index (χ4n) is 3.39. The minimum atomic E-state index is -0.331. The molecule has 2 aliphatic heterocycles. The third-order valence-electron chi connectivity index (χ3n) is 4.60. The van der Waals surface area contributed by atoms with Crippen molar-refractivity contribution in [2.24, 2.45) is 0 Å². The molecule has 2 heterocycles. The van der Waals surface area contributed by atoms with Crippen molar-refractivity contribution in [2.45, 2.75) is 52.5 Å². The van der Waals surface area contributed by atoms with E-state index in [-0.39, 0.29) is 17.9 Å². The lowest BCUT2D eigenvalue weighted by atomic mass is 10.1. The zero-order valence-corrected chi connectivity index (χ0v) is 18.3. The lowest BCUT2D eigenvalue weighted by Gasteiger charge is -2.29. The summed E-state index contributed by atoms with van der Waals surface area (Å²) < 4.78 is 5.38. The van der Waals surface area contributed by atoms with Crippen LogP contribution in [0.1, 0.15) is 46.5 Å². The second-order valence-corrected chi connectivity index (χ2v) is 8.10. The minimum Gasteiger partial charge on any atom is -0.385 e. The zero-order chi connectivity index (χ0) is 20.4. The van der Waals surface area contributed by atoms with Crippen LogP contribution < -0.4 is 10.6 Å². The van der Waals surface area contributed by atoms with Gasteiger partial charge in [-0.05, 0) is 37.8 Å². The molecule has 2 N–H and O–H groups in total. The number of hydrogen-bond acceptors (Lipinski definition) is 4. The Kier molecular flexibility index (Phi) is 9.72. The molecule has 2 saturated heterocycles. The number of allylic oxidation sites excluding steroid dienone is 3. The van der Waals surface area contributed by atoms with Crippen LogP contribution in [0.5, 0.6) is 0 Å². The number of carbonyl (C=O) groups excluding carboxylic acids is 2. The van der Waals surface area contributed by atoms with Gasteiger partial charge in [0.2, 0.25) is 5.91 Å². The van der Waals surface area contributed by atoms with E-state index in [2.05, 4.69) is 36.6 Å². The Balaban J connectivity index is 0.000000878. The van der Waals surface area contributed by atoms with Crippen molar-refractivity contribution in [1.29, 1.82) is 0 Å². The number of fused-ring (bicyclic) bond motifs is 1. The number of rotatable bonds is 7. The summed E-state index contributed by atoms with van der Waals surface area (Å²) in [5.41, 5.74) is 2.81. The molecular weight excluding hydrogens is 373 g/mol. The van der Waals surface area contributed by atoms with Crippen molar-refractivity contribution in [3.05, 3.63) is 35.1 Å². The molecule has 0 aromatic heterocycles. The summed E-state index contributed by atoms with van der Waals surface area (Å²) in [6.07, 6.45) is 10.8. The van der Waals surface area contributed by atoms with Gasteiger partial charge in [-0.25, -0.2) is 0 Å². The molecule has 1 aliphatic carbocycles. The lowest BCUT2D eigenvalue weighted by Crippen LogP contribution is -2.51. The molecule has 0 bridgehead atoms. The van der Waals surface area contributed by atoms with Gasteiger partial charge < -0.3 is 20.1 Å². The number of nitrogens with one attached hydrogen (secondary N) is 2. The van der Waals surface area contributed by atoms with E-state index in [0.717, 1.165) is 55.4 Å². The van der Waals surface area contributed by atoms with Crippen LogP contribution in [0, 0.1) is 0 Å². The average Bonchev–Trinajstić information content (AvgIpc) is 2.86. The van der Waals surface area contributed by atoms with E-state index in [1.54, 1.807) is 4.90 Å². The van der Waals surface area contributed by atoms with Crippen LogP contribution in [-0.4, -0.2) is 55.2 Å². The first kappa shape index (κ1) is 22.6. The van der Waals surface area contributed by atoms with Gasteiger partial charge >= 0.3 is 0 Å². The second kappa shape index (κ2) is 12.0. The van der Waals surface area contributed by atoms with Crippen molar-refractivity contribution in [1.82, 2.24) is 15.5 Å². The van der Waals surface area contributed by atoms with E-state index in [4.69, 9.17) is 4.52 Å². The normalized spacial score (nSPS) is 21.9. The van der Waals surface area contributed by atoms with Crippen molar-refractivity contribution < 1.29 is 14.1 Å². The maximum absolute atomic E-state index is 12.8. The number of nitrogens with zero attached hydrogens (tertiary/aromatic N) is 1. The summed E-state index contributed by atoms with van der Waals surface area (Å²) in [7, 11) is 0.515. The van der Waals surface area contributed by atoms with E-state index in [1.807, 2.05) is 13.0 Å². The first-order chi connectivity index (χ1) is 13.6. The Hall–Kier alpha value is -1.65. The SMILES string of the molecule is CCC.CCOPCCNC1=CCC=C2C(=O)N(C3CCCNC3=O)CC2=C1. The average molecular weight is 407 g/mol. The largest absolute Gasteiger partial charge is 0.385 e. The highest BCUT2D eigenvalue weighted by Gasteiger charge is 2.39. The number of carbonyl (C=O) groups is 2. The van der Waals surface area contributed by atoms with Gasteiger partial charge in [-0.3, -0.25) is 9.59 Å². The molecule has 0 aromatic rings. The van der Waals surface area contributed by atoms with E-state index >= 15 is 0 Å². The maximum atomic E-state index is 12.8.